The first-order valence-corrected chi connectivity index (χ1v) is 42.2. The summed E-state index contributed by atoms with van der Waals surface area (Å²) in [6.07, 6.45) is 71.8. The summed E-state index contributed by atoms with van der Waals surface area (Å²) in [7, 11) is -9.96. The normalized spacial score (nSPS) is 14.3. The number of allylic oxidation sites excluding steroid dienone is 12. The highest BCUT2D eigenvalue weighted by atomic mass is 31.2. The van der Waals surface area contributed by atoms with Gasteiger partial charge in [0.2, 0.25) is 0 Å². The molecule has 0 aromatic heterocycles. The number of carbonyl (C=O) groups excluding carboxylic acids is 4. The molecule has 0 amide bonds. The van der Waals surface area contributed by atoms with Crippen LogP contribution < -0.4 is 0 Å². The van der Waals surface area contributed by atoms with E-state index in [1.54, 1.807) is 0 Å². The van der Waals surface area contributed by atoms with Gasteiger partial charge in [-0.2, -0.15) is 0 Å². The summed E-state index contributed by atoms with van der Waals surface area (Å²) in [4.78, 5) is 72.8. The summed E-state index contributed by atoms with van der Waals surface area (Å²) in [6, 6.07) is 0. The van der Waals surface area contributed by atoms with E-state index in [-0.39, 0.29) is 25.7 Å². The molecule has 5 atom stereocenters. The van der Waals surface area contributed by atoms with Gasteiger partial charge in [-0.1, -0.05) is 280 Å². The molecule has 0 aromatic carbocycles. The minimum absolute atomic E-state index is 0.0759. The summed E-state index contributed by atoms with van der Waals surface area (Å²) in [6.45, 7) is 4.79. The largest absolute Gasteiger partial charge is 0.472 e. The fourth-order valence-corrected chi connectivity index (χ4v) is 12.2. The molecule has 0 saturated heterocycles. The number of unbranched alkanes of at least 4 members (excludes halogenated alkanes) is 36. The second-order valence-electron chi connectivity index (χ2n) is 26.3. The van der Waals surface area contributed by atoms with E-state index in [9.17, 15) is 43.2 Å². The van der Waals surface area contributed by atoms with Crippen molar-refractivity contribution in [2.75, 3.05) is 39.6 Å². The molecule has 570 valence electrons. The van der Waals surface area contributed by atoms with Crippen molar-refractivity contribution in [1.29, 1.82) is 0 Å². The first kappa shape index (κ1) is 94.5. The Kier molecular flexibility index (Phi) is 69.3. The minimum atomic E-state index is -4.98. The van der Waals surface area contributed by atoms with E-state index in [1.807, 2.05) is 12.2 Å². The highest BCUT2D eigenvalue weighted by Crippen LogP contribution is 2.45. The molecule has 0 fully saturated rings. The standard InChI is InChI=1S/C79H142O17P2/c1-5-9-13-17-21-25-29-33-35-36-38-41-44-48-52-56-60-64-77(82)90-70-75(96-79(84)66-62-58-54-50-46-42-37-34-30-26-22-18-14-10-6-2)72-94-98(87,88)92-68-73(80)67-91-97(85,86)93-71-74(95-78(83)65-61-57-53-49-45-40-32-28-24-20-16-12-8-4)69-89-76(81)63-59-55-51-47-43-39-31-27-23-19-15-11-7-3/h21,25,28,32-35,37-38,41,48,52,73-75,80H,5-20,22-24,26-27,29-31,36,39-40,42-47,49-51,53-72H2,1-4H3,(H,85,86)(H,87,88)/b25-21-,32-28-,35-33-,37-34-,41-38-,52-48-/t73-,74+,75+/m0/s1. The zero-order valence-electron chi connectivity index (χ0n) is 62.2. The van der Waals surface area contributed by atoms with Crippen LogP contribution in [-0.2, 0) is 65.4 Å². The molecule has 19 heteroatoms. The molecule has 0 aliphatic carbocycles. The number of aliphatic hydroxyl groups excluding tert-OH is 1. The molecule has 98 heavy (non-hydrogen) atoms. The number of phosphoric acid groups is 2. The third kappa shape index (κ3) is 70.9. The molecule has 2 unspecified atom stereocenters. The molecule has 0 bridgehead atoms. The van der Waals surface area contributed by atoms with E-state index in [0.717, 1.165) is 122 Å². The van der Waals surface area contributed by atoms with Crippen molar-refractivity contribution < 1.29 is 80.2 Å². The topological polar surface area (TPSA) is 237 Å². The summed E-state index contributed by atoms with van der Waals surface area (Å²) in [5, 5.41) is 10.6. The van der Waals surface area contributed by atoms with Gasteiger partial charge in [-0.25, -0.2) is 9.13 Å². The van der Waals surface area contributed by atoms with Crippen LogP contribution in [0, 0.1) is 0 Å². The van der Waals surface area contributed by atoms with Gasteiger partial charge in [-0.3, -0.25) is 37.3 Å². The number of hydrogen-bond acceptors (Lipinski definition) is 15. The van der Waals surface area contributed by atoms with E-state index in [0.29, 0.717) is 32.1 Å². The van der Waals surface area contributed by atoms with E-state index in [1.165, 1.54) is 141 Å². The highest BCUT2D eigenvalue weighted by molar-refractivity contribution is 7.47. The molecule has 0 heterocycles. The smallest absolute Gasteiger partial charge is 0.462 e. The van der Waals surface area contributed by atoms with Crippen LogP contribution in [0.2, 0.25) is 0 Å². The van der Waals surface area contributed by atoms with Crippen molar-refractivity contribution in [2.24, 2.45) is 0 Å². The van der Waals surface area contributed by atoms with E-state index in [4.69, 9.17) is 37.0 Å². The second kappa shape index (κ2) is 71.9. The van der Waals surface area contributed by atoms with Gasteiger partial charge in [0.1, 0.15) is 19.3 Å². The molecule has 0 saturated carbocycles. The first-order valence-electron chi connectivity index (χ1n) is 39.2. The van der Waals surface area contributed by atoms with E-state index >= 15 is 0 Å². The Balaban J connectivity index is 5.38. The predicted molar refractivity (Wildman–Crippen MR) is 400 cm³/mol. The molecular weight excluding hydrogens is 1280 g/mol. The van der Waals surface area contributed by atoms with Crippen LogP contribution in [0.3, 0.4) is 0 Å². The lowest BCUT2D eigenvalue weighted by Crippen LogP contribution is -2.30. The van der Waals surface area contributed by atoms with Crippen molar-refractivity contribution in [2.45, 2.75) is 367 Å². The fourth-order valence-electron chi connectivity index (χ4n) is 10.6. The zero-order chi connectivity index (χ0) is 71.8. The van der Waals surface area contributed by atoms with E-state index < -0.39 is 97.5 Å². The van der Waals surface area contributed by atoms with Gasteiger partial charge in [0, 0.05) is 25.7 Å². The molecule has 0 aliphatic heterocycles. The van der Waals surface area contributed by atoms with Crippen molar-refractivity contribution >= 4 is 39.5 Å². The maximum absolute atomic E-state index is 13.1. The predicted octanol–water partition coefficient (Wildman–Crippen LogP) is 22.4. The lowest BCUT2D eigenvalue weighted by molar-refractivity contribution is -0.161. The SMILES string of the molecule is CCCCC/C=C\C/C=C\C/C=C\C/C=C\CCCC(=O)OC[C@H](COP(=O)(O)OC[C@@H](O)COP(=O)(O)OC[C@@H](COC(=O)CCCCCCCCCCCCCCC)OC(=O)CCCCCCC/C=C\CCCCCC)OC(=O)CCCCCCC/C=C\CCCCCCCC. The Labute approximate surface area is 596 Å². The molecule has 0 aromatic rings. The maximum atomic E-state index is 13.1. The minimum Gasteiger partial charge on any atom is -0.462 e. The van der Waals surface area contributed by atoms with E-state index in [2.05, 4.69) is 88.5 Å². The number of esters is 4. The van der Waals surface area contributed by atoms with Gasteiger partial charge in [0.15, 0.2) is 12.2 Å². The summed E-state index contributed by atoms with van der Waals surface area (Å²) in [5.74, 6) is -2.23. The number of rotatable bonds is 74. The van der Waals surface area contributed by atoms with Crippen molar-refractivity contribution in [3.63, 3.8) is 0 Å². The lowest BCUT2D eigenvalue weighted by atomic mass is 10.0. The molecule has 17 nitrogen and oxygen atoms in total. The average molecular weight is 1430 g/mol. The summed E-state index contributed by atoms with van der Waals surface area (Å²) >= 11 is 0. The molecule has 0 spiro atoms. The fraction of sp³-hybridized carbons (Fsp3) is 0.797. The van der Waals surface area contributed by atoms with Crippen LogP contribution in [0.4, 0.5) is 0 Å². The van der Waals surface area contributed by atoms with Gasteiger partial charge >= 0.3 is 39.5 Å². The Morgan fingerprint density at radius 2 is 0.510 bits per heavy atom. The van der Waals surface area contributed by atoms with Gasteiger partial charge < -0.3 is 33.8 Å². The molecule has 0 radical (unpaired) electrons. The Bertz CT molecular complexity index is 2140. The van der Waals surface area contributed by atoms with Crippen LogP contribution in [0.5, 0.6) is 0 Å². The van der Waals surface area contributed by atoms with Gasteiger partial charge in [0.05, 0.1) is 26.4 Å². The quantitative estimate of drug-likeness (QED) is 0.0169. The summed E-state index contributed by atoms with van der Waals surface area (Å²) < 4.78 is 68.4. The van der Waals surface area contributed by atoms with Crippen LogP contribution in [0.25, 0.3) is 0 Å². The van der Waals surface area contributed by atoms with Crippen molar-refractivity contribution in [3.8, 4) is 0 Å². The Hall–Kier alpha value is -3.50. The monoisotopic (exact) mass is 1420 g/mol. The third-order valence-electron chi connectivity index (χ3n) is 16.6. The van der Waals surface area contributed by atoms with Crippen LogP contribution >= 0.6 is 15.6 Å². The van der Waals surface area contributed by atoms with Crippen LogP contribution in [0.1, 0.15) is 349 Å². The number of ether oxygens (including phenoxy) is 4. The van der Waals surface area contributed by atoms with Crippen molar-refractivity contribution in [3.05, 3.63) is 72.9 Å². The number of carbonyl (C=O) groups is 4. The molecule has 0 rings (SSSR count). The molecule has 0 aliphatic rings. The number of hydrogen-bond donors (Lipinski definition) is 3. The highest BCUT2D eigenvalue weighted by Gasteiger charge is 2.30. The molecular formula is C79H142O17P2. The van der Waals surface area contributed by atoms with Crippen LogP contribution in [-0.4, -0.2) is 96.7 Å². The Morgan fingerprint density at radius 3 is 0.847 bits per heavy atom. The third-order valence-corrected chi connectivity index (χ3v) is 18.5. The number of phosphoric ester groups is 2. The summed E-state index contributed by atoms with van der Waals surface area (Å²) in [5.41, 5.74) is 0. The van der Waals surface area contributed by atoms with Gasteiger partial charge in [-0.05, 0) is 116 Å². The van der Waals surface area contributed by atoms with Gasteiger partial charge in [0.25, 0.3) is 0 Å². The zero-order valence-corrected chi connectivity index (χ0v) is 64.0. The molecule has 3 N–H and O–H groups in total. The maximum Gasteiger partial charge on any atom is 0.472 e. The number of aliphatic hydroxyl groups is 1. The van der Waals surface area contributed by atoms with Gasteiger partial charge in [-0.15, -0.1) is 0 Å². The average Bonchev–Trinajstić information content (AvgIpc) is 1.05. The second-order valence-corrected chi connectivity index (χ2v) is 29.2. The van der Waals surface area contributed by atoms with Crippen LogP contribution in [0.15, 0.2) is 72.9 Å². The van der Waals surface area contributed by atoms with Crippen molar-refractivity contribution in [1.82, 2.24) is 0 Å². The first-order chi connectivity index (χ1) is 47.7. The lowest BCUT2D eigenvalue weighted by Gasteiger charge is -2.21. The Morgan fingerprint density at radius 1 is 0.286 bits per heavy atom.